The molecule has 0 bridgehead atoms. The summed E-state index contributed by atoms with van der Waals surface area (Å²) in [5.41, 5.74) is -0.689. The highest BCUT2D eigenvalue weighted by molar-refractivity contribution is 5.68. The minimum atomic E-state index is -0.532. The van der Waals surface area contributed by atoms with Gasteiger partial charge in [0, 0.05) is 19.1 Å². The number of nitrogens with zero attached hydrogens (tertiary/aromatic N) is 1. The van der Waals surface area contributed by atoms with Gasteiger partial charge in [0.25, 0.3) is 0 Å². The molecule has 1 amide bonds. The van der Waals surface area contributed by atoms with Gasteiger partial charge in [-0.1, -0.05) is 20.8 Å². The van der Waals surface area contributed by atoms with Crippen molar-refractivity contribution in [3.8, 4) is 0 Å². The van der Waals surface area contributed by atoms with Crippen LogP contribution in [-0.2, 0) is 9.53 Å². The standard InChI is InChI=1S/C16H33N3O3/c1-15(2,3)13(18-14(21)22-16(4,5)6)9-17-12(11-20)10-19(7)8/h11-13,17H,9-10H2,1-8H3,(H,18,21)/t12-,13-/m1/s1. The number of ether oxygens (including phenoxy) is 1. The number of nitrogens with one attached hydrogen (secondary N) is 2. The summed E-state index contributed by atoms with van der Waals surface area (Å²) in [4.78, 5) is 25.0. The summed E-state index contributed by atoms with van der Waals surface area (Å²) in [5, 5.41) is 6.09. The van der Waals surface area contributed by atoms with Crippen LogP contribution in [-0.4, -0.2) is 62.1 Å². The van der Waals surface area contributed by atoms with Gasteiger partial charge in [0.1, 0.15) is 11.9 Å². The highest BCUT2D eigenvalue weighted by Gasteiger charge is 2.28. The van der Waals surface area contributed by atoms with Gasteiger partial charge in [0.2, 0.25) is 0 Å². The molecule has 2 N–H and O–H groups in total. The molecule has 0 aromatic heterocycles. The lowest BCUT2D eigenvalue weighted by molar-refractivity contribution is -0.109. The van der Waals surface area contributed by atoms with Crippen molar-refractivity contribution < 1.29 is 14.3 Å². The first-order chi connectivity index (χ1) is 9.85. The van der Waals surface area contributed by atoms with Gasteiger partial charge >= 0.3 is 6.09 Å². The number of likely N-dealkylation sites (N-methyl/N-ethyl adjacent to an activating group) is 1. The smallest absolute Gasteiger partial charge is 0.407 e. The van der Waals surface area contributed by atoms with Crippen molar-refractivity contribution in [3.63, 3.8) is 0 Å². The van der Waals surface area contributed by atoms with Crippen LogP contribution in [0.15, 0.2) is 0 Å². The predicted octanol–water partition coefficient (Wildman–Crippen LogP) is 1.64. The molecule has 0 heterocycles. The van der Waals surface area contributed by atoms with E-state index >= 15 is 0 Å². The molecule has 0 aliphatic rings. The van der Waals surface area contributed by atoms with Crippen LogP contribution < -0.4 is 10.6 Å². The van der Waals surface area contributed by atoms with Gasteiger partial charge in [-0.3, -0.25) is 0 Å². The molecule has 2 atom stereocenters. The molecule has 6 heteroatoms. The van der Waals surface area contributed by atoms with E-state index in [1.54, 1.807) is 0 Å². The normalized spacial score (nSPS) is 15.3. The molecule has 0 spiro atoms. The lowest BCUT2D eigenvalue weighted by Gasteiger charge is -2.33. The number of carbonyl (C=O) groups excluding carboxylic acids is 2. The number of hydrogen-bond donors (Lipinski definition) is 2. The predicted molar refractivity (Wildman–Crippen MR) is 89.0 cm³/mol. The van der Waals surface area contributed by atoms with E-state index in [1.165, 1.54) is 0 Å². The molecule has 130 valence electrons. The van der Waals surface area contributed by atoms with E-state index in [4.69, 9.17) is 4.74 Å². The summed E-state index contributed by atoms with van der Waals surface area (Å²) in [7, 11) is 3.83. The zero-order valence-corrected chi connectivity index (χ0v) is 15.3. The number of aldehydes is 1. The van der Waals surface area contributed by atoms with Crippen LogP contribution in [0.2, 0.25) is 0 Å². The van der Waals surface area contributed by atoms with Gasteiger partial charge in [0.15, 0.2) is 0 Å². The molecule has 0 aromatic rings. The monoisotopic (exact) mass is 315 g/mol. The highest BCUT2D eigenvalue weighted by atomic mass is 16.6. The molecular formula is C16H33N3O3. The average molecular weight is 315 g/mol. The van der Waals surface area contributed by atoms with Crippen molar-refractivity contribution >= 4 is 12.4 Å². The second-order valence-electron chi connectivity index (χ2n) is 7.98. The molecule has 22 heavy (non-hydrogen) atoms. The first kappa shape index (κ1) is 20.9. The number of rotatable bonds is 7. The van der Waals surface area contributed by atoms with Gasteiger partial charge in [-0.2, -0.15) is 0 Å². The Kier molecular flexibility index (Phi) is 8.04. The van der Waals surface area contributed by atoms with Crippen molar-refractivity contribution in [2.24, 2.45) is 5.41 Å². The molecule has 0 aliphatic carbocycles. The summed E-state index contributed by atoms with van der Waals surface area (Å²) in [6.45, 7) is 12.7. The molecule has 0 unspecified atom stereocenters. The fraction of sp³-hybridized carbons (Fsp3) is 0.875. The van der Waals surface area contributed by atoms with E-state index in [-0.39, 0.29) is 17.5 Å². The Morgan fingerprint density at radius 1 is 1.18 bits per heavy atom. The minimum absolute atomic E-state index is 0.146. The van der Waals surface area contributed by atoms with Gasteiger partial charge < -0.3 is 25.1 Å². The molecule has 0 aromatic carbocycles. The molecule has 0 saturated carbocycles. The van der Waals surface area contributed by atoms with E-state index in [0.717, 1.165) is 6.29 Å². The van der Waals surface area contributed by atoms with Crippen molar-refractivity contribution in [1.29, 1.82) is 0 Å². The van der Waals surface area contributed by atoms with Crippen LogP contribution >= 0.6 is 0 Å². The third-order valence-electron chi connectivity index (χ3n) is 3.05. The Labute approximate surface area is 135 Å². The maximum Gasteiger partial charge on any atom is 0.407 e. The third kappa shape index (κ3) is 9.73. The second kappa shape index (κ2) is 8.48. The summed E-state index contributed by atoms with van der Waals surface area (Å²) < 4.78 is 5.31. The van der Waals surface area contributed by atoms with Crippen molar-refractivity contribution in [2.75, 3.05) is 27.2 Å². The molecule has 0 aliphatic heterocycles. The lowest BCUT2D eigenvalue weighted by Crippen LogP contribution is -2.53. The molecule has 0 rings (SSSR count). The van der Waals surface area contributed by atoms with Crippen LogP contribution in [0.5, 0.6) is 0 Å². The number of amides is 1. The lowest BCUT2D eigenvalue weighted by atomic mass is 9.86. The zero-order valence-electron chi connectivity index (χ0n) is 15.3. The Bertz CT molecular complexity index is 357. The minimum Gasteiger partial charge on any atom is -0.444 e. The van der Waals surface area contributed by atoms with Crippen LogP contribution in [0, 0.1) is 5.41 Å². The van der Waals surface area contributed by atoms with Crippen LogP contribution in [0.4, 0.5) is 4.79 Å². The van der Waals surface area contributed by atoms with E-state index in [1.807, 2.05) is 60.5 Å². The number of hydrogen-bond acceptors (Lipinski definition) is 5. The number of alkyl carbamates (subject to hydrolysis) is 1. The molecule has 0 fully saturated rings. The van der Waals surface area contributed by atoms with E-state index in [2.05, 4.69) is 10.6 Å². The SMILES string of the molecule is CN(C)C[C@H](C=O)NC[C@@H](NC(=O)OC(C)(C)C)C(C)(C)C. The summed E-state index contributed by atoms with van der Waals surface area (Å²) >= 11 is 0. The Balaban J connectivity index is 4.66. The second-order valence-corrected chi connectivity index (χ2v) is 7.98. The van der Waals surface area contributed by atoms with E-state index < -0.39 is 11.7 Å². The Hall–Kier alpha value is -1.14. The zero-order chi connectivity index (χ0) is 17.6. The van der Waals surface area contributed by atoms with Crippen LogP contribution in [0.25, 0.3) is 0 Å². The molecule has 6 nitrogen and oxygen atoms in total. The fourth-order valence-corrected chi connectivity index (χ4v) is 1.84. The highest BCUT2D eigenvalue weighted by Crippen LogP contribution is 2.19. The molecular weight excluding hydrogens is 282 g/mol. The van der Waals surface area contributed by atoms with Gasteiger partial charge in [0.05, 0.1) is 6.04 Å². The molecule has 0 radical (unpaired) electrons. The van der Waals surface area contributed by atoms with Gasteiger partial charge in [-0.05, 0) is 40.3 Å². The first-order valence-electron chi connectivity index (χ1n) is 7.68. The first-order valence-corrected chi connectivity index (χ1v) is 7.68. The maximum absolute atomic E-state index is 12.0. The van der Waals surface area contributed by atoms with E-state index in [9.17, 15) is 9.59 Å². The maximum atomic E-state index is 12.0. The third-order valence-corrected chi connectivity index (χ3v) is 3.05. The average Bonchev–Trinajstić information content (AvgIpc) is 2.28. The molecule has 0 saturated heterocycles. The fourth-order valence-electron chi connectivity index (χ4n) is 1.84. The van der Waals surface area contributed by atoms with Crippen molar-refractivity contribution in [2.45, 2.75) is 59.2 Å². The summed E-state index contributed by atoms with van der Waals surface area (Å²) in [5.74, 6) is 0. The Morgan fingerprint density at radius 3 is 2.09 bits per heavy atom. The van der Waals surface area contributed by atoms with Crippen molar-refractivity contribution in [1.82, 2.24) is 15.5 Å². The quantitative estimate of drug-likeness (QED) is 0.699. The largest absolute Gasteiger partial charge is 0.444 e. The Morgan fingerprint density at radius 2 is 1.73 bits per heavy atom. The topological polar surface area (TPSA) is 70.7 Å². The van der Waals surface area contributed by atoms with Crippen LogP contribution in [0.1, 0.15) is 41.5 Å². The van der Waals surface area contributed by atoms with Gasteiger partial charge in [-0.15, -0.1) is 0 Å². The van der Waals surface area contributed by atoms with Crippen molar-refractivity contribution in [3.05, 3.63) is 0 Å². The van der Waals surface area contributed by atoms with E-state index in [0.29, 0.717) is 13.1 Å². The number of carbonyl (C=O) groups is 2. The summed E-state index contributed by atoms with van der Waals surface area (Å²) in [6.07, 6.45) is 0.456. The summed E-state index contributed by atoms with van der Waals surface area (Å²) in [6, 6.07) is -0.410. The van der Waals surface area contributed by atoms with Crippen LogP contribution in [0.3, 0.4) is 0 Å². The van der Waals surface area contributed by atoms with Gasteiger partial charge in [-0.25, -0.2) is 4.79 Å².